The lowest BCUT2D eigenvalue weighted by molar-refractivity contribution is -0.126. The number of ketones is 1. The molecule has 2 aliphatic rings. The largest absolute Gasteiger partial charge is 0.297 e. The van der Waals surface area contributed by atoms with E-state index in [1.165, 1.54) is 30.5 Å². The summed E-state index contributed by atoms with van der Waals surface area (Å²) in [5.41, 5.74) is 0.114. The molecule has 2 atom stereocenters. The zero-order valence-electron chi connectivity index (χ0n) is 24.1. The second-order valence-electron chi connectivity index (χ2n) is 11.4. The quantitative estimate of drug-likeness (QED) is 0.228. The van der Waals surface area contributed by atoms with Gasteiger partial charge in [0.25, 0.3) is 5.91 Å². The number of alkyl halides is 2. The van der Waals surface area contributed by atoms with Gasteiger partial charge in [-0.05, 0) is 61.9 Å². The molecule has 2 fully saturated rings. The second-order valence-corrected chi connectivity index (χ2v) is 11.8. The third kappa shape index (κ3) is 7.17. The molecule has 1 saturated carbocycles. The molecule has 2 aromatic carbocycles. The van der Waals surface area contributed by atoms with Crippen LogP contribution in [0.4, 0.5) is 29.1 Å². The minimum Gasteiger partial charge on any atom is -0.297 e. The summed E-state index contributed by atoms with van der Waals surface area (Å²) in [4.78, 5) is 48.1. The minimum absolute atomic E-state index is 0.00411. The van der Waals surface area contributed by atoms with E-state index in [4.69, 9.17) is 11.6 Å². The molecule has 7 nitrogen and oxygen atoms in total. The molecule has 0 spiro atoms. The maximum atomic E-state index is 14.7. The van der Waals surface area contributed by atoms with Crippen molar-refractivity contribution in [1.82, 2.24) is 4.98 Å². The molecule has 1 aromatic heterocycles. The van der Waals surface area contributed by atoms with Gasteiger partial charge in [-0.2, -0.15) is 5.26 Å². The molecule has 0 radical (unpaired) electrons. The number of nitriles is 1. The molecule has 12 heteroatoms. The van der Waals surface area contributed by atoms with Crippen LogP contribution < -0.4 is 9.80 Å². The van der Waals surface area contributed by atoms with E-state index in [0.29, 0.717) is 6.07 Å². The maximum Gasteiger partial charge on any atom is 0.251 e. The van der Waals surface area contributed by atoms with Crippen LogP contribution >= 0.6 is 11.6 Å². The van der Waals surface area contributed by atoms with Gasteiger partial charge in [0.1, 0.15) is 29.5 Å². The summed E-state index contributed by atoms with van der Waals surface area (Å²) in [5, 5.41) is 9.49. The molecule has 2 amide bonds. The van der Waals surface area contributed by atoms with E-state index in [-0.39, 0.29) is 84.9 Å². The van der Waals surface area contributed by atoms with Crippen LogP contribution in [0.25, 0.3) is 0 Å². The first-order valence-corrected chi connectivity index (χ1v) is 15.0. The van der Waals surface area contributed by atoms with E-state index in [0.717, 1.165) is 21.9 Å². The van der Waals surface area contributed by atoms with Crippen LogP contribution in [0.1, 0.15) is 68.5 Å². The Bertz CT molecular complexity index is 1630. The van der Waals surface area contributed by atoms with Crippen molar-refractivity contribution < 1.29 is 31.9 Å². The van der Waals surface area contributed by atoms with Crippen LogP contribution in [0.2, 0.25) is 5.02 Å². The number of halogens is 5. The molecule has 3 aromatic rings. The zero-order chi connectivity index (χ0) is 32.3. The predicted molar refractivity (Wildman–Crippen MR) is 159 cm³/mol. The first-order chi connectivity index (χ1) is 21.5. The van der Waals surface area contributed by atoms with E-state index in [9.17, 15) is 37.2 Å². The molecule has 1 saturated heterocycles. The number of nitrogens with zero attached hydrogens (tertiary/aromatic N) is 4. The van der Waals surface area contributed by atoms with Gasteiger partial charge in [0, 0.05) is 48.5 Å². The molecule has 5 rings (SSSR count). The fourth-order valence-electron chi connectivity index (χ4n) is 6.09. The standard InChI is InChI=1S/C33H29ClF4N4O3/c34-26-4-2-1-3-25(26)31(28(43)7-5-20-9-12-33(37,38)13-10-20)41(24-17-22(35)16-23(36)18-24)32(45)27-6-8-30(44)42(27)29-15-21(19-39)11-14-40-29/h1-4,11,14-18,20,27,31H,5-10,12-13H2/t27-,31-/m0/s1. The van der Waals surface area contributed by atoms with Crippen molar-refractivity contribution in [3.8, 4) is 6.07 Å². The molecule has 0 unspecified atom stereocenters. The molecule has 234 valence electrons. The van der Waals surface area contributed by atoms with Crippen LogP contribution in [0.3, 0.4) is 0 Å². The van der Waals surface area contributed by atoms with Gasteiger partial charge < -0.3 is 0 Å². The highest BCUT2D eigenvalue weighted by Gasteiger charge is 2.44. The van der Waals surface area contributed by atoms with Gasteiger partial charge in [-0.25, -0.2) is 22.5 Å². The Kier molecular flexibility index (Phi) is 9.53. The molecule has 1 aliphatic heterocycles. The number of Topliss-reactive ketones (excluding diaryl/α,β-unsaturated/α-hetero) is 1. The summed E-state index contributed by atoms with van der Waals surface area (Å²) in [6.07, 6.45) is 1.34. The van der Waals surface area contributed by atoms with Gasteiger partial charge >= 0.3 is 0 Å². The molecular weight excluding hydrogens is 612 g/mol. The first kappa shape index (κ1) is 32.1. The highest BCUT2D eigenvalue weighted by atomic mass is 35.5. The summed E-state index contributed by atoms with van der Waals surface area (Å²) >= 11 is 6.56. The molecule has 2 heterocycles. The van der Waals surface area contributed by atoms with Gasteiger partial charge in [0.15, 0.2) is 5.78 Å². The lowest BCUT2D eigenvalue weighted by Gasteiger charge is -2.36. The fourth-order valence-corrected chi connectivity index (χ4v) is 6.33. The van der Waals surface area contributed by atoms with Gasteiger partial charge in [0.2, 0.25) is 11.8 Å². The fraction of sp³-hybridized carbons (Fsp3) is 0.364. The van der Waals surface area contributed by atoms with Crippen molar-refractivity contribution in [3.05, 3.63) is 88.6 Å². The number of anilines is 2. The Labute approximate surface area is 262 Å². The Morgan fingerprint density at radius 1 is 1.07 bits per heavy atom. The van der Waals surface area contributed by atoms with E-state index in [1.54, 1.807) is 12.1 Å². The number of aromatic nitrogens is 1. The Hall–Kier alpha value is -4.30. The smallest absolute Gasteiger partial charge is 0.251 e. The summed E-state index contributed by atoms with van der Waals surface area (Å²) in [5.74, 6) is -6.64. The zero-order valence-corrected chi connectivity index (χ0v) is 24.8. The number of benzene rings is 2. The monoisotopic (exact) mass is 640 g/mol. The Balaban J connectivity index is 1.57. The van der Waals surface area contributed by atoms with Crippen molar-refractivity contribution in [2.75, 3.05) is 9.80 Å². The van der Waals surface area contributed by atoms with Gasteiger partial charge in [0.05, 0.1) is 17.3 Å². The number of carbonyl (C=O) groups is 3. The SMILES string of the molecule is N#Cc1ccnc(N2C(=O)CC[C@H]2C(=O)N(c2cc(F)cc(F)c2)[C@H](C(=O)CCC2CCC(F)(F)CC2)c2ccccc2Cl)c1. The lowest BCUT2D eigenvalue weighted by atomic mass is 9.82. The third-order valence-corrected chi connectivity index (χ3v) is 8.72. The summed E-state index contributed by atoms with van der Waals surface area (Å²) in [6.45, 7) is 0. The highest BCUT2D eigenvalue weighted by Crippen LogP contribution is 2.40. The van der Waals surface area contributed by atoms with Crippen molar-refractivity contribution >= 4 is 40.7 Å². The van der Waals surface area contributed by atoms with Crippen molar-refractivity contribution in [2.45, 2.75) is 69.4 Å². The first-order valence-electron chi connectivity index (χ1n) is 14.6. The van der Waals surface area contributed by atoms with Crippen molar-refractivity contribution in [1.29, 1.82) is 5.26 Å². The average Bonchev–Trinajstić information content (AvgIpc) is 3.40. The van der Waals surface area contributed by atoms with Crippen molar-refractivity contribution in [2.24, 2.45) is 5.92 Å². The van der Waals surface area contributed by atoms with Gasteiger partial charge in [-0.1, -0.05) is 29.8 Å². The van der Waals surface area contributed by atoms with Crippen molar-refractivity contribution in [3.63, 3.8) is 0 Å². The van der Waals surface area contributed by atoms with E-state index in [1.807, 2.05) is 6.07 Å². The molecule has 1 aliphatic carbocycles. The Morgan fingerprint density at radius 3 is 2.42 bits per heavy atom. The minimum atomic E-state index is -2.74. The van der Waals surface area contributed by atoms with Gasteiger partial charge in [-0.15, -0.1) is 0 Å². The number of hydrogen-bond donors (Lipinski definition) is 0. The second kappa shape index (κ2) is 13.4. The highest BCUT2D eigenvalue weighted by molar-refractivity contribution is 6.31. The van der Waals surface area contributed by atoms with E-state index < -0.39 is 47.2 Å². The van der Waals surface area contributed by atoms with Gasteiger partial charge in [-0.3, -0.25) is 24.2 Å². The third-order valence-electron chi connectivity index (χ3n) is 8.38. The molecule has 45 heavy (non-hydrogen) atoms. The number of rotatable bonds is 9. The normalized spacial score (nSPS) is 18.8. The number of carbonyl (C=O) groups excluding carboxylic acids is 3. The van der Waals surface area contributed by atoms with E-state index in [2.05, 4.69) is 4.98 Å². The predicted octanol–water partition coefficient (Wildman–Crippen LogP) is 7.33. The van der Waals surface area contributed by atoms with Crippen LogP contribution in [-0.4, -0.2) is 34.5 Å². The topological polar surface area (TPSA) is 94.4 Å². The van der Waals surface area contributed by atoms with Crippen LogP contribution in [0, 0.1) is 28.9 Å². The lowest BCUT2D eigenvalue weighted by Crippen LogP contribution is -2.50. The average molecular weight is 641 g/mol. The Morgan fingerprint density at radius 2 is 1.76 bits per heavy atom. The molecule has 0 N–H and O–H groups in total. The van der Waals surface area contributed by atoms with Crippen LogP contribution in [0.15, 0.2) is 60.8 Å². The maximum absolute atomic E-state index is 14.7. The van der Waals surface area contributed by atoms with E-state index >= 15 is 0 Å². The number of amides is 2. The summed E-state index contributed by atoms with van der Waals surface area (Å²) in [7, 11) is 0. The van der Waals surface area contributed by atoms with Crippen LogP contribution in [0.5, 0.6) is 0 Å². The number of hydrogen-bond acceptors (Lipinski definition) is 5. The molecular formula is C33H29ClF4N4O3. The van der Waals surface area contributed by atoms with Crippen LogP contribution in [-0.2, 0) is 14.4 Å². The summed E-state index contributed by atoms with van der Waals surface area (Å²) < 4.78 is 56.8. The summed E-state index contributed by atoms with van der Waals surface area (Å²) in [6, 6.07) is 10.8. The number of pyridine rings is 1. The molecule has 0 bridgehead atoms.